The minimum Gasteiger partial charge on any atom is -0.417 e. The van der Waals surface area contributed by atoms with Crippen LogP contribution in [-0.4, -0.2) is 17.1 Å². The van der Waals surface area contributed by atoms with Crippen LogP contribution in [0.5, 0.6) is 0 Å². The molecule has 5 heteroatoms. The zero-order valence-corrected chi connectivity index (χ0v) is 13.5. The van der Waals surface area contributed by atoms with Gasteiger partial charge in [-0.3, -0.25) is 0 Å². The smallest absolute Gasteiger partial charge is 0.189 e. The average Bonchev–Trinajstić information content (AvgIpc) is 2.02. The maximum absolute atomic E-state index is 5.94. The summed E-state index contributed by atoms with van der Waals surface area (Å²) in [6.07, 6.45) is 3.70. The lowest BCUT2D eigenvalue weighted by molar-refractivity contribution is 0.269. The molecule has 1 nitrogen and oxygen atoms in total. The predicted octanol–water partition coefficient (Wildman–Crippen LogP) is 4.60. The molecule has 0 aromatic carbocycles. The monoisotopic (exact) mass is 392 g/mol. The van der Waals surface area contributed by atoms with Crippen LogP contribution in [0, 0.1) is 0 Å². The van der Waals surface area contributed by atoms with Crippen molar-refractivity contribution in [2.45, 2.75) is 40.0 Å². The molecule has 0 aromatic rings. The largest absolute Gasteiger partial charge is 0.417 e. The van der Waals surface area contributed by atoms with Gasteiger partial charge in [0.25, 0.3) is 0 Å². The van der Waals surface area contributed by atoms with Crippen molar-refractivity contribution in [3.05, 3.63) is 0 Å². The fraction of sp³-hybridized carbons (Fsp3) is 1.00. The van der Waals surface area contributed by atoms with Crippen LogP contribution in [0.3, 0.4) is 0 Å². The molecule has 1 atom stereocenters. The molecule has 0 bridgehead atoms. The first-order chi connectivity index (χ1) is 5.91. The third kappa shape index (κ3) is 5.30. The van der Waals surface area contributed by atoms with Gasteiger partial charge in [-0.2, -0.15) is 0 Å². The van der Waals surface area contributed by atoms with E-state index in [2.05, 4.69) is 54.3 Å². The molecule has 0 N–H and O–H groups in total. The predicted molar refractivity (Wildman–Crippen MR) is 70.5 cm³/mol. The lowest BCUT2D eigenvalue weighted by atomic mass is 10.4. The van der Waals surface area contributed by atoms with E-state index >= 15 is 0 Å². The summed E-state index contributed by atoms with van der Waals surface area (Å²) in [6, 6.07) is 2.55. The molecule has 1 fully saturated rings. The number of hydrogen-bond donors (Lipinski definition) is 0. The molecule has 0 radical (unpaired) electrons. The van der Waals surface area contributed by atoms with E-state index in [1.54, 1.807) is 0 Å². The van der Waals surface area contributed by atoms with E-state index in [0.717, 1.165) is 13.0 Å². The van der Waals surface area contributed by atoms with Crippen LogP contribution >= 0.6 is 47.8 Å². The van der Waals surface area contributed by atoms with Gasteiger partial charge in [0.05, 0.1) is 0 Å². The summed E-state index contributed by atoms with van der Waals surface area (Å²) >= 11 is 10.6. The van der Waals surface area contributed by atoms with E-state index in [1.165, 1.54) is 24.9 Å². The first kappa shape index (κ1) is 12.7. The first-order valence-corrected chi connectivity index (χ1v) is 9.82. The van der Waals surface area contributed by atoms with E-state index in [1.807, 2.05) is 0 Å². The quantitative estimate of drug-likeness (QED) is 0.491. The Balaban J connectivity index is 2.33. The molecule has 0 aromatic heterocycles. The van der Waals surface area contributed by atoms with Gasteiger partial charge in [-0.25, -0.2) is 0 Å². The van der Waals surface area contributed by atoms with E-state index < -0.39 is 8.32 Å². The van der Waals surface area contributed by atoms with Crippen LogP contribution in [-0.2, 0) is 4.43 Å². The Labute approximate surface area is 107 Å². The van der Waals surface area contributed by atoms with Gasteiger partial charge in [-0.1, -0.05) is 54.2 Å². The second-order valence-electron chi connectivity index (χ2n) is 3.87. The lowest BCUT2D eigenvalue weighted by Crippen LogP contribution is -2.38. The molecule has 0 spiro atoms. The second kappa shape index (κ2) is 5.10. The minimum absolute atomic E-state index is 0.0795. The SMILES string of the molecule is C[Si]1(CCC(Br)(Br)Br)CCCCO1. The van der Waals surface area contributed by atoms with Crippen LogP contribution in [0.1, 0.15) is 19.3 Å². The maximum atomic E-state index is 5.94. The van der Waals surface area contributed by atoms with Crippen molar-refractivity contribution >= 4 is 56.1 Å². The highest BCUT2D eigenvalue weighted by Gasteiger charge is 2.33. The Morgan fingerprint density at radius 2 is 2.00 bits per heavy atom. The summed E-state index contributed by atoms with van der Waals surface area (Å²) in [6.45, 7) is 3.34. The molecule has 0 aliphatic carbocycles. The molecule has 1 aliphatic rings. The topological polar surface area (TPSA) is 9.23 Å². The van der Waals surface area contributed by atoms with Gasteiger partial charge in [0.1, 0.15) is 2.14 Å². The third-order valence-corrected chi connectivity index (χ3v) is 7.30. The van der Waals surface area contributed by atoms with Crippen molar-refractivity contribution in [1.29, 1.82) is 0 Å². The van der Waals surface area contributed by atoms with Crippen molar-refractivity contribution in [3.63, 3.8) is 0 Å². The highest BCUT2D eigenvalue weighted by Crippen LogP contribution is 2.41. The van der Waals surface area contributed by atoms with Gasteiger partial charge in [0.2, 0.25) is 0 Å². The summed E-state index contributed by atoms with van der Waals surface area (Å²) in [5.41, 5.74) is 0. The lowest BCUT2D eigenvalue weighted by Gasteiger charge is -2.32. The summed E-state index contributed by atoms with van der Waals surface area (Å²) in [5, 5.41) is 0. The average molecular weight is 395 g/mol. The highest BCUT2D eigenvalue weighted by molar-refractivity contribution is 9.39. The zero-order valence-electron chi connectivity index (χ0n) is 7.78. The van der Waals surface area contributed by atoms with Crippen LogP contribution in [0.4, 0.5) is 0 Å². The van der Waals surface area contributed by atoms with Crippen LogP contribution < -0.4 is 0 Å². The van der Waals surface area contributed by atoms with Crippen molar-refractivity contribution in [1.82, 2.24) is 0 Å². The summed E-state index contributed by atoms with van der Waals surface area (Å²) in [4.78, 5) is 0. The Hall–Kier alpha value is 1.62. The van der Waals surface area contributed by atoms with Gasteiger partial charge >= 0.3 is 0 Å². The normalized spacial score (nSPS) is 30.5. The van der Waals surface area contributed by atoms with E-state index in [9.17, 15) is 0 Å². The van der Waals surface area contributed by atoms with E-state index in [0.29, 0.717) is 0 Å². The fourth-order valence-corrected chi connectivity index (χ4v) is 6.37. The van der Waals surface area contributed by atoms with Gasteiger partial charge in [-0.05, 0) is 31.5 Å². The molecule has 1 unspecified atom stereocenters. The summed E-state index contributed by atoms with van der Waals surface area (Å²) in [5.74, 6) is 0. The van der Waals surface area contributed by atoms with Crippen molar-refractivity contribution < 1.29 is 4.43 Å². The van der Waals surface area contributed by atoms with Crippen molar-refractivity contribution in [3.8, 4) is 0 Å². The molecule has 13 heavy (non-hydrogen) atoms. The Morgan fingerprint density at radius 1 is 1.31 bits per heavy atom. The molecule has 1 heterocycles. The standard InChI is InChI=1S/C8H15Br3OSi/c1-13(6-3-2-5-12-13)7-4-8(9,10)11/h2-7H2,1H3. The zero-order chi connectivity index (χ0) is 9.95. The third-order valence-electron chi connectivity index (χ3n) is 2.49. The molecular formula is C8H15Br3OSi. The van der Waals surface area contributed by atoms with Crippen LogP contribution in [0.25, 0.3) is 0 Å². The van der Waals surface area contributed by atoms with Crippen LogP contribution in [0.2, 0.25) is 18.6 Å². The highest BCUT2D eigenvalue weighted by atomic mass is 80.0. The summed E-state index contributed by atoms with van der Waals surface area (Å²) in [7, 11) is -1.34. The van der Waals surface area contributed by atoms with Gasteiger partial charge < -0.3 is 4.43 Å². The number of rotatable bonds is 2. The number of halogens is 3. The number of alkyl halides is 3. The molecule has 1 rings (SSSR count). The van der Waals surface area contributed by atoms with Crippen LogP contribution in [0.15, 0.2) is 0 Å². The second-order valence-corrected chi connectivity index (χ2v) is 15.3. The molecule has 1 saturated heterocycles. The molecular weight excluding hydrogens is 380 g/mol. The minimum atomic E-state index is -1.34. The van der Waals surface area contributed by atoms with Gasteiger partial charge in [0.15, 0.2) is 8.32 Å². The molecule has 0 amide bonds. The van der Waals surface area contributed by atoms with Gasteiger partial charge in [0, 0.05) is 6.61 Å². The number of hydrogen-bond acceptors (Lipinski definition) is 1. The van der Waals surface area contributed by atoms with Gasteiger partial charge in [-0.15, -0.1) is 0 Å². The molecule has 1 aliphatic heterocycles. The molecule has 78 valence electrons. The van der Waals surface area contributed by atoms with Crippen molar-refractivity contribution in [2.75, 3.05) is 6.61 Å². The Kier molecular flexibility index (Phi) is 4.98. The van der Waals surface area contributed by atoms with Crippen molar-refractivity contribution in [2.24, 2.45) is 0 Å². The Bertz CT molecular complexity index is 163. The van der Waals surface area contributed by atoms with E-state index in [-0.39, 0.29) is 2.14 Å². The summed E-state index contributed by atoms with van der Waals surface area (Å²) < 4.78 is 5.86. The van der Waals surface area contributed by atoms with E-state index in [4.69, 9.17) is 4.43 Å². The Morgan fingerprint density at radius 3 is 2.46 bits per heavy atom. The fourth-order valence-electron chi connectivity index (χ4n) is 1.60. The first-order valence-electron chi connectivity index (χ1n) is 4.62. The molecule has 0 saturated carbocycles. The maximum Gasteiger partial charge on any atom is 0.189 e.